The number of rotatable bonds is 7. The van der Waals surface area contributed by atoms with Gasteiger partial charge in [0.25, 0.3) is 0 Å². The molecule has 1 N–H and O–H groups in total. The van der Waals surface area contributed by atoms with Crippen LogP contribution in [0, 0.1) is 0 Å². The number of benzene rings is 6. The van der Waals surface area contributed by atoms with Crippen molar-refractivity contribution in [2.45, 2.75) is 20.8 Å². The first-order chi connectivity index (χ1) is 24.8. The van der Waals surface area contributed by atoms with Crippen LogP contribution in [0.2, 0.25) is 0 Å². The highest BCUT2D eigenvalue weighted by Gasteiger charge is 2.18. The highest BCUT2D eigenvalue weighted by molar-refractivity contribution is 6.17. The molecule has 0 aliphatic carbocycles. The minimum absolute atomic E-state index is 0.0808. The summed E-state index contributed by atoms with van der Waals surface area (Å²) in [6.07, 6.45) is 0. The standard InChI is InChI=1S/C43H32N4O4/c1-26(44-50)31-16-22-41-37(24-31)38-25-32(17-23-42(38)47(41)33-18-12-29(13-19-33)27(2)45-51-28(3)48)43(49)30-14-20-34(21-15-30)46-39-10-6-4-8-35(39)36-9-5-7-11-40(36)46/h4-25,50H,1-3H3/b44-26+,45-27-. The summed E-state index contributed by atoms with van der Waals surface area (Å²) in [5.41, 5.74) is 9.76. The van der Waals surface area contributed by atoms with Crippen molar-refractivity contribution in [2.24, 2.45) is 10.3 Å². The summed E-state index contributed by atoms with van der Waals surface area (Å²) >= 11 is 0. The van der Waals surface area contributed by atoms with Crippen molar-refractivity contribution in [3.05, 3.63) is 156 Å². The Morgan fingerprint density at radius 1 is 0.510 bits per heavy atom. The third-order valence-electron chi connectivity index (χ3n) is 9.42. The lowest BCUT2D eigenvalue weighted by atomic mass is 10.00. The van der Waals surface area contributed by atoms with E-state index in [0.717, 1.165) is 55.3 Å². The number of hydrogen-bond acceptors (Lipinski definition) is 6. The first kappa shape index (κ1) is 31.5. The van der Waals surface area contributed by atoms with Crippen molar-refractivity contribution in [2.75, 3.05) is 0 Å². The van der Waals surface area contributed by atoms with E-state index in [0.29, 0.717) is 22.6 Å². The molecule has 6 aromatic carbocycles. The largest absolute Gasteiger partial charge is 0.411 e. The van der Waals surface area contributed by atoms with Crippen LogP contribution in [0.3, 0.4) is 0 Å². The zero-order valence-electron chi connectivity index (χ0n) is 28.2. The first-order valence-electron chi connectivity index (χ1n) is 16.6. The van der Waals surface area contributed by atoms with Gasteiger partial charge in [-0.1, -0.05) is 64.9 Å². The molecule has 248 valence electrons. The smallest absolute Gasteiger partial charge is 0.331 e. The molecule has 0 unspecified atom stereocenters. The Morgan fingerprint density at radius 3 is 1.49 bits per heavy atom. The summed E-state index contributed by atoms with van der Waals surface area (Å²) in [6.45, 7) is 4.84. The topological polar surface area (TPSA) is 98.2 Å². The molecule has 2 aromatic heterocycles. The monoisotopic (exact) mass is 668 g/mol. The van der Waals surface area contributed by atoms with Crippen molar-refractivity contribution in [3.63, 3.8) is 0 Å². The van der Waals surface area contributed by atoms with Crippen LogP contribution in [0.1, 0.15) is 47.8 Å². The van der Waals surface area contributed by atoms with Crippen LogP contribution in [0.4, 0.5) is 0 Å². The predicted molar refractivity (Wildman–Crippen MR) is 203 cm³/mol. The molecule has 0 fully saturated rings. The fourth-order valence-corrected chi connectivity index (χ4v) is 6.89. The van der Waals surface area contributed by atoms with E-state index >= 15 is 0 Å². The molecule has 0 saturated carbocycles. The van der Waals surface area contributed by atoms with Crippen LogP contribution in [0.15, 0.2) is 144 Å². The van der Waals surface area contributed by atoms with E-state index in [1.807, 2.05) is 97.1 Å². The van der Waals surface area contributed by atoms with Crippen molar-refractivity contribution in [3.8, 4) is 11.4 Å². The van der Waals surface area contributed by atoms with E-state index in [9.17, 15) is 14.8 Å². The van der Waals surface area contributed by atoms with E-state index in [4.69, 9.17) is 4.84 Å². The highest BCUT2D eigenvalue weighted by Crippen LogP contribution is 2.35. The molecular formula is C43H32N4O4. The van der Waals surface area contributed by atoms with Gasteiger partial charge >= 0.3 is 5.97 Å². The molecule has 8 aromatic rings. The maximum Gasteiger partial charge on any atom is 0.331 e. The first-order valence-corrected chi connectivity index (χ1v) is 16.6. The van der Waals surface area contributed by atoms with Gasteiger partial charge in [0, 0.05) is 51.0 Å². The molecule has 8 rings (SSSR count). The van der Waals surface area contributed by atoms with Crippen LogP contribution in [0.5, 0.6) is 0 Å². The average molecular weight is 669 g/mol. The van der Waals surface area contributed by atoms with Crippen molar-refractivity contribution < 1.29 is 19.6 Å². The summed E-state index contributed by atoms with van der Waals surface area (Å²) in [6, 6.07) is 44.0. The Hall–Kier alpha value is -6.80. The Balaban J connectivity index is 1.20. The zero-order valence-corrected chi connectivity index (χ0v) is 28.2. The van der Waals surface area contributed by atoms with Gasteiger partial charge in [-0.3, -0.25) is 4.79 Å². The zero-order chi connectivity index (χ0) is 35.2. The van der Waals surface area contributed by atoms with Crippen molar-refractivity contribution >= 4 is 66.8 Å². The number of carbonyl (C=O) groups is 2. The van der Waals surface area contributed by atoms with Gasteiger partial charge in [-0.25, -0.2) is 4.79 Å². The lowest BCUT2D eigenvalue weighted by Gasteiger charge is -2.10. The molecule has 0 bridgehead atoms. The van der Waals surface area contributed by atoms with Crippen LogP contribution < -0.4 is 0 Å². The predicted octanol–water partition coefficient (Wildman–Crippen LogP) is 9.60. The maximum absolute atomic E-state index is 14.0. The summed E-state index contributed by atoms with van der Waals surface area (Å²) < 4.78 is 4.37. The fourth-order valence-electron chi connectivity index (χ4n) is 6.89. The molecule has 0 amide bonds. The molecule has 0 aliphatic rings. The molecule has 8 nitrogen and oxygen atoms in total. The number of aromatic nitrogens is 2. The van der Waals surface area contributed by atoms with Crippen molar-refractivity contribution in [1.82, 2.24) is 9.13 Å². The third kappa shape index (κ3) is 5.43. The van der Waals surface area contributed by atoms with Crippen LogP contribution in [-0.2, 0) is 9.63 Å². The summed E-state index contributed by atoms with van der Waals surface area (Å²) in [7, 11) is 0. The second-order valence-electron chi connectivity index (χ2n) is 12.5. The van der Waals surface area contributed by atoms with Gasteiger partial charge in [-0.2, -0.15) is 0 Å². The number of para-hydroxylation sites is 2. The van der Waals surface area contributed by atoms with Gasteiger partial charge in [-0.15, -0.1) is 0 Å². The van der Waals surface area contributed by atoms with Crippen molar-refractivity contribution in [1.29, 1.82) is 0 Å². The van der Waals surface area contributed by atoms with E-state index in [-0.39, 0.29) is 5.78 Å². The number of hydrogen-bond donors (Lipinski definition) is 1. The van der Waals surface area contributed by atoms with E-state index in [1.165, 1.54) is 17.7 Å². The number of nitrogens with zero attached hydrogens (tertiary/aromatic N) is 4. The summed E-state index contributed by atoms with van der Waals surface area (Å²) in [5, 5.41) is 21.0. The lowest BCUT2D eigenvalue weighted by Crippen LogP contribution is -2.02. The molecule has 0 atom stereocenters. The maximum atomic E-state index is 14.0. The second-order valence-corrected chi connectivity index (χ2v) is 12.5. The summed E-state index contributed by atoms with van der Waals surface area (Å²) in [5.74, 6) is -0.561. The van der Waals surface area contributed by atoms with Gasteiger partial charge < -0.3 is 19.2 Å². The number of carbonyl (C=O) groups excluding carboxylic acids is 2. The molecule has 2 heterocycles. The molecule has 0 radical (unpaired) electrons. The van der Waals surface area contributed by atoms with Gasteiger partial charge in [0.1, 0.15) is 0 Å². The quantitative estimate of drug-likeness (QED) is 0.0601. The third-order valence-corrected chi connectivity index (χ3v) is 9.42. The normalized spacial score (nSPS) is 12.3. The Morgan fingerprint density at radius 2 is 0.961 bits per heavy atom. The second kappa shape index (κ2) is 12.6. The molecule has 0 spiro atoms. The van der Waals surface area contributed by atoms with Gasteiger partial charge in [0.05, 0.1) is 33.5 Å². The number of fused-ring (bicyclic) bond motifs is 6. The van der Waals surface area contributed by atoms with E-state index in [2.05, 4.69) is 55.8 Å². The number of oxime groups is 2. The van der Waals surface area contributed by atoms with Crippen LogP contribution in [0.25, 0.3) is 55.0 Å². The van der Waals surface area contributed by atoms with Gasteiger partial charge in [0.2, 0.25) is 0 Å². The molecule has 8 heteroatoms. The van der Waals surface area contributed by atoms with Gasteiger partial charge in [0.15, 0.2) is 5.78 Å². The molecule has 0 aliphatic heterocycles. The summed E-state index contributed by atoms with van der Waals surface area (Å²) in [4.78, 5) is 30.1. The van der Waals surface area contributed by atoms with Gasteiger partial charge in [-0.05, 0) is 104 Å². The Bertz CT molecular complexity index is 2680. The van der Waals surface area contributed by atoms with E-state index < -0.39 is 5.97 Å². The number of ketones is 1. The molecular weight excluding hydrogens is 636 g/mol. The Kier molecular flexibility index (Phi) is 7.76. The molecule has 0 saturated heterocycles. The minimum atomic E-state index is -0.480. The van der Waals surface area contributed by atoms with Crippen LogP contribution in [-0.4, -0.2) is 37.5 Å². The van der Waals surface area contributed by atoms with Crippen LogP contribution >= 0.6 is 0 Å². The Labute approximate surface area is 293 Å². The highest BCUT2D eigenvalue weighted by atomic mass is 16.7. The fraction of sp³-hybridized carbons (Fsp3) is 0.0698. The SMILES string of the molecule is CC(=O)O/N=C(/C)c1ccc(-n2c3ccc(C(=O)c4ccc(-n5c6ccccc6c6ccccc65)cc4)cc3c3cc(/C(C)=N/O)ccc32)cc1. The van der Waals surface area contributed by atoms with E-state index in [1.54, 1.807) is 13.8 Å². The minimum Gasteiger partial charge on any atom is -0.411 e. The lowest BCUT2D eigenvalue weighted by molar-refractivity contribution is -0.140. The average Bonchev–Trinajstić information content (AvgIpc) is 3.68. The molecule has 51 heavy (non-hydrogen) atoms.